The lowest BCUT2D eigenvalue weighted by atomic mass is 9.96. The largest absolute Gasteiger partial charge is 0.283 e. The van der Waals surface area contributed by atoms with Gasteiger partial charge in [0.25, 0.3) is 5.56 Å². The van der Waals surface area contributed by atoms with E-state index in [1.54, 1.807) is 0 Å². The summed E-state index contributed by atoms with van der Waals surface area (Å²) in [6.45, 7) is 4.37. The minimum Gasteiger partial charge on any atom is -0.283 e. The number of nitriles is 1. The quantitative estimate of drug-likeness (QED) is 0.370. The average molecular weight is 482 g/mol. The molecule has 0 spiro atoms. The molecule has 0 fully saturated rings. The van der Waals surface area contributed by atoms with Gasteiger partial charge in [-0.25, -0.2) is 4.68 Å². The highest BCUT2D eigenvalue weighted by molar-refractivity contribution is 5.80. The van der Waals surface area contributed by atoms with Crippen LogP contribution in [-0.2, 0) is 12.8 Å². The van der Waals surface area contributed by atoms with Crippen molar-refractivity contribution >= 4 is 0 Å². The van der Waals surface area contributed by atoms with Crippen molar-refractivity contribution in [3.05, 3.63) is 75.7 Å². The smallest absolute Gasteiger partial charge is 0.270 e. The molecule has 3 heterocycles. The summed E-state index contributed by atoms with van der Waals surface area (Å²) in [5.41, 5.74) is 6.18. The van der Waals surface area contributed by atoms with E-state index in [0.717, 1.165) is 65.6 Å². The van der Waals surface area contributed by atoms with E-state index in [1.807, 2.05) is 22.9 Å². The highest BCUT2D eigenvalue weighted by atomic mass is 16.1. The van der Waals surface area contributed by atoms with Gasteiger partial charge in [0.05, 0.1) is 18.5 Å². The SMILES string of the molecule is CCCCc1c(Cc2ccc(-c3ccccc3-c3nn[nH]n3)cc2)c(=O)n2n1C(C)CCC2CC#N. The first-order chi connectivity index (χ1) is 17.6. The van der Waals surface area contributed by atoms with Crippen molar-refractivity contribution in [1.29, 1.82) is 5.26 Å². The Hall–Kier alpha value is -3.99. The summed E-state index contributed by atoms with van der Waals surface area (Å²) in [6, 6.07) is 18.9. The number of aromatic nitrogens is 6. The molecule has 8 nitrogen and oxygen atoms in total. The van der Waals surface area contributed by atoms with Crippen molar-refractivity contribution in [1.82, 2.24) is 30.0 Å². The van der Waals surface area contributed by atoms with E-state index in [1.165, 1.54) is 0 Å². The molecular formula is C28H31N7O. The van der Waals surface area contributed by atoms with Crippen LogP contribution < -0.4 is 5.56 Å². The second kappa shape index (κ2) is 10.3. The van der Waals surface area contributed by atoms with E-state index >= 15 is 0 Å². The standard InChI is InChI=1S/C28H31N7O/c1-3-4-9-26-25(28(36)35-22(16-17-29)15-10-19(2)34(26)35)18-20-11-13-21(14-12-20)23-7-5-6-8-24(23)27-30-32-33-31-27/h5-8,11-14,19,22H,3-4,9-10,15-16,18H2,1-2H3,(H,30,31,32,33). The van der Waals surface area contributed by atoms with Crippen LogP contribution in [-0.4, -0.2) is 30.0 Å². The summed E-state index contributed by atoms with van der Waals surface area (Å²) in [5, 5.41) is 23.9. The van der Waals surface area contributed by atoms with Gasteiger partial charge in [0.2, 0.25) is 5.82 Å². The van der Waals surface area contributed by atoms with Crippen LogP contribution in [0.4, 0.5) is 0 Å². The molecule has 1 N–H and O–H groups in total. The van der Waals surface area contributed by atoms with Gasteiger partial charge in [-0.3, -0.25) is 9.48 Å². The first kappa shape index (κ1) is 23.7. The highest BCUT2D eigenvalue weighted by Crippen LogP contribution is 2.33. The Bertz CT molecular complexity index is 1420. The molecule has 184 valence electrons. The first-order valence-corrected chi connectivity index (χ1v) is 12.8. The fourth-order valence-corrected chi connectivity index (χ4v) is 5.42. The zero-order chi connectivity index (χ0) is 25.1. The predicted molar refractivity (Wildman–Crippen MR) is 138 cm³/mol. The fraction of sp³-hybridized carbons (Fsp3) is 0.393. The normalized spacial score (nSPS) is 17.0. The third-order valence-corrected chi connectivity index (χ3v) is 7.26. The molecule has 2 aromatic carbocycles. The third-order valence-electron chi connectivity index (χ3n) is 7.26. The second-order valence-electron chi connectivity index (χ2n) is 9.62. The lowest BCUT2D eigenvalue weighted by Gasteiger charge is -2.31. The molecule has 5 rings (SSSR count). The van der Waals surface area contributed by atoms with Gasteiger partial charge < -0.3 is 0 Å². The molecule has 0 saturated carbocycles. The van der Waals surface area contributed by atoms with E-state index in [9.17, 15) is 10.1 Å². The van der Waals surface area contributed by atoms with Crippen LogP contribution in [0.5, 0.6) is 0 Å². The Morgan fingerprint density at radius 3 is 2.56 bits per heavy atom. The maximum absolute atomic E-state index is 13.7. The van der Waals surface area contributed by atoms with Crippen molar-refractivity contribution < 1.29 is 0 Å². The molecule has 0 saturated heterocycles. The number of rotatable bonds is 8. The minimum atomic E-state index is -0.0446. The topological polar surface area (TPSA) is 105 Å². The van der Waals surface area contributed by atoms with Gasteiger partial charge >= 0.3 is 0 Å². The van der Waals surface area contributed by atoms with E-state index in [4.69, 9.17) is 0 Å². The zero-order valence-corrected chi connectivity index (χ0v) is 20.8. The number of hydrogen-bond acceptors (Lipinski definition) is 5. The maximum atomic E-state index is 13.7. The third kappa shape index (κ3) is 4.37. The molecule has 1 aliphatic heterocycles. The van der Waals surface area contributed by atoms with Gasteiger partial charge in [-0.2, -0.15) is 10.5 Å². The molecule has 0 amide bonds. The van der Waals surface area contributed by atoms with Crippen LogP contribution in [0.2, 0.25) is 0 Å². The van der Waals surface area contributed by atoms with Crippen LogP contribution in [0, 0.1) is 11.3 Å². The fourth-order valence-electron chi connectivity index (χ4n) is 5.42. The molecule has 0 aliphatic carbocycles. The highest BCUT2D eigenvalue weighted by Gasteiger charge is 2.31. The number of benzene rings is 2. The molecule has 0 bridgehead atoms. The summed E-state index contributed by atoms with van der Waals surface area (Å²) in [6.07, 6.45) is 5.82. The second-order valence-corrected chi connectivity index (χ2v) is 9.62. The summed E-state index contributed by atoms with van der Waals surface area (Å²) in [4.78, 5) is 13.7. The monoisotopic (exact) mass is 481 g/mol. The molecule has 8 heteroatoms. The van der Waals surface area contributed by atoms with Crippen LogP contribution in [0.1, 0.15) is 74.9 Å². The van der Waals surface area contributed by atoms with Crippen LogP contribution in [0.3, 0.4) is 0 Å². The number of fused-ring (bicyclic) bond motifs is 1. The van der Waals surface area contributed by atoms with E-state index in [0.29, 0.717) is 18.7 Å². The van der Waals surface area contributed by atoms with Gasteiger partial charge in [0.15, 0.2) is 0 Å². The van der Waals surface area contributed by atoms with Crippen molar-refractivity contribution in [2.75, 3.05) is 0 Å². The Kier molecular flexibility index (Phi) is 6.81. The summed E-state index contributed by atoms with van der Waals surface area (Å²) in [7, 11) is 0. The van der Waals surface area contributed by atoms with E-state index in [2.05, 4.69) is 75.6 Å². The molecule has 0 radical (unpaired) electrons. The Labute approximate surface area is 210 Å². The summed E-state index contributed by atoms with van der Waals surface area (Å²) in [5.74, 6) is 0.559. The van der Waals surface area contributed by atoms with Gasteiger partial charge in [0, 0.05) is 29.3 Å². The summed E-state index contributed by atoms with van der Waals surface area (Å²) < 4.78 is 4.11. The predicted octanol–water partition coefficient (Wildman–Crippen LogP) is 5.24. The van der Waals surface area contributed by atoms with Crippen molar-refractivity contribution in [2.24, 2.45) is 0 Å². The number of unbranched alkanes of at least 4 members (excludes halogenated alkanes) is 1. The Morgan fingerprint density at radius 1 is 1.08 bits per heavy atom. The Morgan fingerprint density at radius 2 is 1.86 bits per heavy atom. The van der Waals surface area contributed by atoms with Crippen molar-refractivity contribution in [3.63, 3.8) is 0 Å². The zero-order valence-electron chi connectivity index (χ0n) is 20.8. The number of nitrogens with zero attached hydrogens (tertiary/aromatic N) is 6. The minimum absolute atomic E-state index is 0.0446. The lowest BCUT2D eigenvalue weighted by Crippen LogP contribution is -2.34. The van der Waals surface area contributed by atoms with Gasteiger partial charge in [-0.1, -0.05) is 61.9 Å². The maximum Gasteiger partial charge on any atom is 0.270 e. The number of nitrogens with one attached hydrogen (secondary N) is 1. The van der Waals surface area contributed by atoms with E-state index < -0.39 is 0 Å². The molecule has 2 atom stereocenters. The van der Waals surface area contributed by atoms with Crippen molar-refractivity contribution in [2.45, 2.75) is 70.9 Å². The number of aromatic amines is 1. The molecular weight excluding hydrogens is 450 g/mol. The molecule has 36 heavy (non-hydrogen) atoms. The van der Waals surface area contributed by atoms with Crippen LogP contribution in [0.25, 0.3) is 22.5 Å². The molecule has 2 unspecified atom stereocenters. The summed E-state index contributed by atoms with van der Waals surface area (Å²) >= 11 is 0. The number of tetrazole rings is 1. The molecule has 1 aliphatic rings. The van der Waals surface area contributed by atoms with Crippen LogP contribution >= 0.6 is 0 Å². The molecule has 2 aromatic heterocycles. The number of H-pyrrole nitrogens is 1. The average Bonchev–Trinajstić information content (AvgIpc) is 3.53. The molecule has 4 aromatic rings. The van der Waals surface area contributed by atoms with Gasteiger partial charge in [-0.05, 0) is 54.5 Å². The van der Waals surface area contributed by atoms with Gasteiger partial charge in [-0.15, -0.1) is 10.2 Å². The van der Waals surface area contributed by atoms with E-state index in [-0.39, 0.29) is 17.6 Å². The van der Waals surface area contributed by atoms with Crippen molar-refractivity contribution in [3.8, 4) is 28.6 Å². The van der Waals surface area contributed by atoms with Gasteiger partial charge in [0.1, 0.15) is 0 Å². The number of hydrogen-bond donors (Lipinski definition) is 1. The first-order valence-electron chi connectivity index (χ1n) is 12.8. The lowest BCUT2D eigenvalue weighted by molar-refractivity contribution is 0.229. The Balaban J connectivity index is 1.50. The van der Waals surface area contributed by atoms with Crippen LogP contribution in [0.15, 0.2) is 53.3 Å².